The molecule has 1 aliphatic heterocycles. The fourth-order valence-corrected chi connectivity index (χ4v) is 3.85. The van der Waals surface area contributed by atoms with Crippen LogP contribution in [0.15, 0.2) is 42.5 Å². The van der Waals surface area contributed by atoms with E-state index in [1.54, 1.807) is 6.07 Å². The average Bonchev–Trinajstić information content (AvgIpc) is 2.60. The summed E-state index contributed by atoms with van der Waals surface area (Å²) >= 11 is 12.4. The second-order valence-electron chi connectivity index (χ2n) is 6.58. The van der Waals surface area contributed by atoms with Crippen LogP contribution in [0.25, 0.3) is 11.1 Å². The maximum Gasteiger partial charge on any atom is 0.223 e. The van der Waals surface area contributed by atoms with Crippen LogP contribution in [0.1, 0.15) is 25.3 Å². The average molecular weight is 414 g/mol. The number of rotatable bonds is 4. The van der Waals surface area contributed by atoms with Gasteiger partial charge in [-0.25, -0.2) is 0 Å². The molecule has 1 amide bonds. The third-order valence-corrected chi connectivity index (χ3v) is 5.23. The van der Waals surface area contributed by atoms with Crippen molar-refractivity contribution in [1.29, 1.82) is 0 Å². The largest absolute Gasteiger partial charge is 0.352 e. The monoisotopic (exact) mass is 412 g/mol. The van der Waals surface area contributed by atoms with Gasteiger partial charge in [0.25, 0.3) is 0 Å². The normalized spacial score (nSPS) is 19.5. The number of hydrogen-bond donors (Lipinski definition) is 2. The molecule has 0 spiro atoms. The second kappa shape index (κ2) is 9.61. The van der Waals surface area contributed by atoms with Crippen LogP contribution in [0.3, 0.4) is 0 Å². The first kappa shape index (κ1) is 21.0. The lowest BCUT2D eigenvalue weighted by molar-refractivity contribution is -0.126. The van der Waals surface area contributed by atoms with Gasteiger partial charge in [0.1, 0.15) is 0 Å². The van der Waals surface area contributed by atoms with Crippen LogP contribution in [-0.2, 0) is 11.3 Å². The summed E-state index contributed by atoms with van der Waals surface area (Å²) in [6, 6.07) is 13.9. The Bertz CT molecular complexity index is 766. The number of amides is 1. The molecule has 2 atom stereocenters. The van der Waals surface area contributed by atoms with E-state index in [1.807, 2.05) is 36.4 Å². The van der Waals surface area contributed by atoms with E-state index in [1.165, 1.54) is 0 Å². The molecule has 0 unspecified atom stereocenters. The Morgan fingerprint density at radius 3 is 2.69 bits per heavy atom. The van der Waals surface area contributed by atoms with Crippen molar-refractivity contribution in [3.63, 3.8) is 0 Å². The highest BCUT2D eigenvalue weighted by Gasteiger charge is 2.24. The zero-order valence-corrected chi connectivity index (χ0v) is 16.9. The number of carbonyl (C=O) groups is 1. The molecule has 2 aromatic carbocycles. The van der Waals surface area contributed by atoms with Crippen molar-refractivity contribution in [2.75, 3.05) is 6.54 Å². The predicted molar refractivity (Wildman–Crippen MR) is 111 cm³/mol. The number of hydrogen-bond acceptors (Lipinski definition) is 2. The van der Waals surface area contributed by atoms with Gasteiger partial charge in [-0.15, -0.1) is 12.4 Å². The lowest BCUT2D eigenvalue weighted by Gasteiger charge is -2.27. The zero-order chi connectivity index (χ0) is 17.8. The van der Waals surface area contributed by atoms with Gasteiger partial charge >= 0.3 is 0 Å². The van der Waals surface area contributed by atoms with Gasteiger partial charge in [-0.1, -0.05) is 53.5 Å². The maximum atomic E-state index is 12.5. The molecule has 1 aliphatic rings. The van der Waals surface area contributed by atoms with E-state index in [9.17, 15) is 4.79 Å². The molecule has 0 radical (unpaired) electrons. The topological polar surface area (TPSA) is 41.1 Å². The second-order valence-corrected chi connectivity index (χ2v) is 7.42. The third kappa shape index (κ3) is 5.14. The van der Waals surface area contributed by atoms with Crippen molar-refractivity contribution in [1.82, 2.24) is 10.6 Å². The first-order valence-electron chi connectivity index (χ1n) is 8.59. The van der Waals surface area contributed by atoms with E-state index in [2.05, 4.69) is 17.6 Å². The predicted octanol–water partition coefficient (Wildman–Crippen LogP) is 5.09. The Balaban J connectivity index is 0.00000243. The molecule has 26 heavy (non-hydrogen) atoms. The Morgan fingerprint density at radius 2 is 1.96 bits per heavy atom. The van der Waals surface area contributed by atoms with Crippen LogP contribution < -0.4 is 10.6 Å². The van der Waals surface area contributed by atoms with Crippen LogP contribution in [0.4, 0.5) is 0 Å². The molecular weight excluding hydrogens is 391 g/mol. The lowest BCUT2D eigenvalue weighted by Crippen LogP contribution is -2.42. The van der Waals surface area contributed by atoms with Crippen LogP contribution in [0.2, 0.25) is 10.0 Å². The van der Waals surface area contributed by atoms with Crippen molar-refractivity contribution < 1.29 is 4.79 Å². The summed E-state index contributed by atoms with van der Waals surface area (Å²) in [7, 11) is 0. The Hall–Kier alpha value is -1.26. The smallest absolute Gasteiger partial charge is 0.223 e. The first-order valence-corrected chi connectivity index (χ1v) is 9.34. The van der Waals surface area contributed by atoms with Crippen LogP contribution in [0, 0.1) is 5.92 Å². The Morgan fingerprint density at radius 1 is 1.19 bits per heavy atom. The van der Waals surface area contributed by atoms with Gasteiger partial charge in [-0.05, 0) is 49.6 Å². The van der Waals surface area contributed by atoms with E-state index < -0.39 is 0 Å². The highest BCUT2D eigenvalue weighted by Crippen LogP contribution is 2.32. The number of piperidine rings is 1. The molecule has 1 fully saturated rings. The van der Waals surface area contributed by atoms with E-state index >= 15 is 0 Å². The van der Waals surface area contributed by atoms with Crippen molar-refractivity contribution in [2.45, 2.75) is 32.4 Å². The van der Waals surface area contributed by atoms with Gasteiger partial charge < -0.3 is 10.6 Å². The van der Waals surface area contributed by atoms with Gasteiger partial charge in [0.15, 0.2) is 0 Å². The fourth-order valence-electron chi connectivity index (χ4n) is 3.34. The summed E-state index contributed by atoms with van der Waals surface area (Å²) < 4.78 is 0. The molecule has 1 saturated heterocycles. The number of nitrogens with one attached hydrogen (secondary N) is 2. The van der Waals surface area contributed by atoms with Crippen LogP contribution >= 0.6 is 35.6 Å². The summed E-state index contributed by atoms with van der Waals surface area (Å²) in [6.07, 6.45) is 1.78. The van der Waals surface area contributed by atoms with Crippen molar-refractivity contribution in [3.8, 4) is 11.1 Å². The fraction of sp³-hybridized carbons (Fsp3) is 0.350. The van der Waals surface area contributed by atoms with Crippen LogP contribution in [-0.4, -0.2) is 18.5 Å². The molecule has 0 aliphatic carbocycles. The molecule has 3 rings (SSSR count). The third-order valence-electron chi connectivity index (χ3n) is 4.69. The van der Waals surface area contributed by atoms with Gasteiger partial charge in [-0.2, -0.15) is 0 Å². The summed E-state index contributed by atoms with van der Waals surface area (Å²) in [5.74, 6) is 0.216. The van der Waals surface area contributed by atoms with Crippen molar-refractivity contribution in [3.05, 3.63) is 58.1 Å². The molecule has 0 saturated carbocycles. The molecule has 6 heteroatoms. The van der Waals surface area contributed by atoms with E-state index in [-0.39, 0.29) is 24.2 Å². The SMILES string of the molecule is C[C@H]1C[C@@H](C(=O)NCc2ccccc2-c2ccc(Cl)cc2Cl)CCN1.Cl. The van der Waals surface area contributed by atoms with Gasteiger partial charge in [-0.3, -0.25) is 4.79 Å². The minimum atomic E-state index is 0. The van der Waals surface area contributed by atoms with Gasteiger partial charge in [0, 0.05) is 34.1 Å². The maximum absolute atomic E-state index is 12.5. The highest BCUT2D eigenvalue weighted by molar-refractivity contribution is 6.36. The van der Waals surface area contributed by atoms with Crippen molar-refractivity contribution in [2.24, 2.45) is 5.92 Å². The number of carbonyl (C=O) groups excluding carboxylic acids is 1. The number of benzene rings is 2. The van der Waals surface area contributed by atoms with Crippen LogP contribution in [0.5, 0.6) is 0 Å². The standard InChI is InChI=1S/C20H22Cl2N2O.ClH/c1-13-10-14(8-9-23-13)20(25)24-12-15-4-2-3-5-17(15)18-7-6-16(21)11-19(18)22;/h2-7,11,13-14,23H,8-10,12H2,1H3,(H,24,25);1H/t13-,14-;/m0./s1. The summed E-state index contributed by atoms with van der Waals surface area (Å²) in [4.78, 5) is 12.5. The molecule has 1 heterocycles. The van der Waals surface area contributed by atoms with Gasteiger partial charge in [0.05, 0.1) is 0 Å². The van der Waals surface area contributed by atoms with Crippen molar-refractivity contribution >= 4 is 41.5 Å². The van der Waals surface area contributed by atoms with E-state index in [0.717, 1.165) is 36.1 Å². The highest BCUT2D eigenvalue weighted by atomic mass is 35.5. The summed E-state index contributed by atoms with van der Waals surface area (Å²) in [5.41, 5.74) is 2.98. The van der Waals surface area contributed by atoms with E-state index in [0.29, 0.717) is 22.6 Å². The summed E-state index contributed by atoms with van der Waals surface area (Å²) in [5, 5.41) is 7.69. The van der Waals surface area contributed by atoms with E-state index in [4.69, 9.17) is 23.2 Å². The lowest BCUT2D eigenvalue weighted by atomic mass is 9.92. The zero-order valence-electron chi connectivity index (χ0n) is 14.6. The molecule has 2 N–H and O–H groups in total. The summed E-state index contributed by atoms with van der Waals surface area (Å²) in [6.45, 7) is 3.51. The molecule has 140 valence electrons. The molecule has 0 bridgehead atoms. The molecule has 0 aromatic heterocycles. The molecular formula is C20H23Cl3N2O. The minimum Gasteiger partial charge on any atom is -0.352 e. The quantitative estimate of drug-likeness (QED) is 0.733. The van der Waals surface area contributed by atoms with Gasteiger partial charge in [0.2, 0.25) is 5.91 Å². The Labute approximate surface area is 170 Å². The minimum absolute atomic E-state index is 0. The molecule has 2 aromatic rings. The number of halogens is 3. The Kier molecular flexibility index (Phi) is 7.78. The first-order chi connectivity index (χ1) is 12.0. The molecule has 3 nitrogen and oxygen atoms in total.